The van der Waals surface area contributed by atoms with E-state index in [-0.39, 0.29) is 24.0 Å². The fraction of sp³-hybridized carbons (Fsp3) is 0.286. The Morgan fingerprint density at radius 1 is 1.35 bits per heavy atom. The minimum absolute atomic E-state index is 0. The highest BCUT2D eigenvalue weighted by molar-refractivity contribution is 14.0. The molecular weight excluding hydrogens is 365 g/mol. The van der Waals surface area contributed by atoms with E-state index in [9.17, 15) is 0 Å². The van der Waals surface area contributed by atoms with E-state index in [1.165, 1.54) is 5.56 Å². The first-order chi connectivity index (χ1) is 9.19. The number of nitrogens with zero attached hydrogens (tertiary/aromatic N) is 3. The fourth-order valence-corrected chi connectivity index (χ4v) is 1.71. The number of hydrogen-bond acceptors (Lipinski definition) is 2. The molecule has 5 nitrogen and oxygen atoms in total. The lowest BCUT2D eigenvalue weighted by molar-refractivity contribution is 0.820. The van der Waals surface area contributed by atoms with Crippen LogP contribution in [0.3, 0.4) is 0 Å². The number of nitrogens with two attached hydrogens (primary N) is 1. The minimum Gasteiger partial charge on any atom is -0.370 e. The zero-order chi connectivity index (χ0) is 13.7. The summed E-state index contributed by atoms with van der Waals surface area (Å²) in [6.07, 6.45) is 4.56. The third-order valence-corrected chi connectivity index (χ3v) is 2.96. The Labute approximate surface area is 136 Å². The molecule has 0 atom stereocenters. The largest absolute Gasteiger partial charge is 0.370 e. The Kier molecular flexibility index (Phi) is 6.50. The van der Waals surface area contributed by atoms with Gasteiger partial charge in [-0.1, -0.05) is 19.1 Å². The van der Waals surface area contributed by atoms with Crippen molar-refractivity contribution in [2.75, 3.05) is 5.32 Å². The Morgan fingerprint density at radius 3 is 2.60 bits per heavy atom. The number of rotatable bonds is 4. The summed E-state index contributed by atoms with van der Waals surface area (Å²) in [7, 11) is 1.94. The summed E-state index contributed by atoms with van der Waals surface area (Å²) in [5.41, 5.74) is 9.12. The summed E-state index contributed by atoms with van der Waals surface area (Å²) >= 11 is 0. The van der Waals surface area contributed by atoms with E-state index in [4.69, 9.17) is 5.73 Å². The van der Waals surface area contributed by atoms with E-state index in [0.29, 0.717) is 12.5 Å². The van der Waals surface area contributed by atoms with Gasteiger partial charge in [0.2, 0.25) is 0 Å². The molecule has 108 valence electrons. The van der Waals surface area contributed by atoms with Crippen LogP contribution in [0.2, 0.25) is 0 Å². The highest BCUT2D eigenvalue weighted by atomic mass is 127. The van der Waals surface area contributed by atoms with E-state index in [0.717, 1.165) is 17.8 Å². The summed E-state index contributed by atoms with van der Waals surface area (Å²) in [5.74, 6) is 0.408. The van der Waals surface area contributed by atoms with Crippen LogP contribution in [-0.2, 0) is 20.0 Å². The Morgan fingerprint density at radius 2 is 2.05 bits per heavy atom. The molecule has 0 bridgehead atoms. The normalized spacial score (nSPS) is 11.0. The van der Waals surface area contributed by atoms with Crippen molar-refractivity contribution in [2.24, 2.45) is 17.8 Å². The zero-order valence-electron chi connectivity index (χ0n) is 11.7. The number of guanidine groups is 1. The molecule has 0 unspecified atom stereocenters. The number of hydrogen-bond donors (Lipinski definition) is 2. The first kappa shape index (κ1) is 16.5. The predicted octanol–water partition coefficient (Wildman–Crippen LogP) is 2.53. The molecule has 0 radical (unpaired) electrons. The lowest BCUT2D eigenvalue weighted by atomic mass is 10.1. The number of aryl methyl sites for hydroxylation is 2. The van der Waals surface area contributed by atoms with Gasteiger partial charge in [0, 0.05) is 12.7 Å². The summed E-state index contributed by atoms with van der Waals surface area (Å²) in [6, 6.07) is 8.17. The second-order valence-corrected chi connectivity index (χ2v) is 4.37. The molecule has 0 fully saturated rings. The van der Waals surface area contributed by atoms with Crippen LogP contribution in [0.25, 0.3) is 0 Å². The van der Waals surface area contributed by atoms with Crippen LogP contribution in [0, 0.1) is 0 Å². The highest BCUT2D eigenvalue weighted by Gasteiger charge is 1.98. The number of halogens is 1. The van der Waals surface area contributed by atoms with E-state index in [1.54, 1.807) is 12.5 Å². The number of nitrogens with one attached hydrogen (secondary N) is 1. The van der Waals surface area contributed by atoms with Gasteiger partial charge in [-0.3, -0.25) is 0 Å². The topological polar surface area (TPSA) is 68.2 Å². The van der Waals surface area contributed by atoms with Gasteiger partial charge in [0.05, 0.1) is 24.8 Å². The van der Waals surface area contributed by atoms with E-state index in [1.807, 2.05) is 23.7 Å². The fourth-order valence-electron chi connectivity index (χ4n) is 1.71. The molecule has 20 heavy (non-hydrogen) atoms. The Balaban J connectivity index is 0.00000200. The van der Waals surface area contributed by atoms with Crippen LogP contribution < -0.4 is 11.1 Å². The van der Waals surface area contributed by atoms with E-state index < -0.39 is 0 Å². The van der Waals surface area contributed by atoms with Gasteiger partial charge in [0.1, 0.15) is 0 Å². The van der Waals surface area contributed by atoms with Crippen molar-refractivity contribution in [1.82, 2.24) is 9.55 Å². The molecule has 1 aromatic heterocycles. The standard InChI is InChI=1S/C14H19N5.HI/c1-3-11-4-6-12(7-5-11)18-14(15)17-9-13-8-16-10-19(13)2;/h4-8,10H,3,9H2,1-2H3,(H3,15,17,18);1H. The van der Waals surface area contributed by atoms with Gasteiger partial charge >= 0.3 is 0 Å². The molecule has 0 aliphatic carbocycles. The van der Waals surface area contributed by atoms with Crippen LogP contribution in [-0.4, -0.2) is 15.5 Å². The molecule has 3 N–H and O–H groups in total. The Bertz CT molecular complexity index is 559. The zero-order valence-corrected chi connectivity index (χ0v) is 14.0. The average Bonchev–Trinajstić information content (AvgIpc) is 2.83. The molecule has 0 spiro atoms. The number of benzene rings is 1. The van der Waals surface area contributed by atoms with Crippen molar-refractivity contribution in [3.63, 3.8) is 0 Å². The number of anilines is 1. The summed E-state index contributed by atoms with van der Waals surface area (Å²) < 4.78 is 1.92. The van der Waals surface area contributed by atoms with Crippen molar-refractivity contribution >= 4 is 35.6 Å². The highest BCUT2D eigenvalue weighted by Crippen LogP contribution is 2.09. The summed E-state index contributed by atoms with van der Waals surface area (Å²) in [4.78, 5) is 8.32. The third kappa shape index (κ3) is 4.52. The minimum atomic E-state index is 0. The van der Waals surface area contributed by atoms with Crippen LogP contribution in [0.1, 0.15) is 18.2 Å². The molecule has 0 aliphatic rings. The molecule has 0 amide bonds. The monoisotopic (exact) mass is 385 g/mol. The van der Waals surface area contributed by atoms with Crippen LogP contribution in [0.15, 0.2) is 41.8 Å². The van der Waals surface area contributed by atoms with Crippen LogP contribution in [0.5, 0.6) is 0 Å². The molecule has 2 aromatic rings. The first-order valence-corrected chi connectivity index (χ1v) is 6.30. The molecule has 0 saturated carbocycles. The predicted molar refractivity (Wildman–Crippen MR) is 93.4 cm³/mol. The third-order valence-electron chi connectivity index (χ3n) is 2.96. The number of imidazole rings is 1. The average molecular weight is 385 g/mol. The molecule has 1 heterocycles. The van der Waals surface area contributed by atoms with Gasteiger partial charge in [0.25, 0.3) is 0 Å². The number of aliphatic imine (C=N–C) groups is 1. The van der Waals surface area contributed by atoms with Gasteiger partial charge in [-0.15, -0.1) is 24.0 Å². The molecule has 0 saturated heterocycles. The SMILES string of the molecule is CCc1ccc(NC(N)=NCc2cncn2C)cc1.I. The van der Waals surface area contributed by atoms with Crippen molar-refractivity contribution in [1.29, 1.82) is 0 Å². The van der Waals surface area contributed by atoms with E-state index >= 15 is 0 Å². The van der Waals surface area contributed by atoms with Gasteiger partial charge in [-0.2, -0.15) is 0 Å². The second kappa shape index (κ2) is 7.88. The maximum atomic E-state index is 5.85. The maximum absolute atomic E-state index is 5.85. The quantitative estimate of drug-likeness (QED) is 0.483. The molecule has 1 aromatic carbocycles. The van der Waals surface area contributed by atoms with Crippen molar-refractivity contribution < 1.29 is 0 Å². The van der Waals surface area contributed by atoms with E-state index in [2.05, 4.69) is 34.3 Å². The molecular formula is C14H20IN5. The molecule has 6 heteroatoms. The smallest absolute Gasteiger partial charge is 0.193 e. The summed E-state index contributed by atoms with van der Waals surface area (Å²) in [6.45, 7) is 2.65. The maximum Gasteiger partial charge on any atom is 0.193 e. The first-order valence-electron chi connectivity index (χ1n) is 6.30. The number of aromatic nitrogens is 2. The summed E-state index contributed by atoms with van der Waals surface area (Å²) in [5, 5.41) is 3.07. The van der Waals surface area contributed by atoms with Crippen molar-refractivity contribution in [3.05, 3.63) is 48.0 Å². The van der Waals surface area contributed by atoms with Crippen molar-refractivity contribution in [2.45, 2.75) is 19.9 Å². The van der Waals surface area contributed by atoms with Gasteiger partial charge < -0.3 is 15.6 Å². The van der Waals surface area contributed by atoms with Gasteiger partial charge in [0.15, 0.2) is 5.96 Å². The molecule has 0 aliphatic heterocycles. The van der Waals surface area contributed by atoms with Gasteiger partial charge in [-0.25, -0.2) is 9.98 Å². The van der Waals surface area contributed by atoms with Crippen LogP contribution in [0.4, 0.5) is 5.69 Å². The second-order valence-electron chi connectivity index (χ2n) is 4.37. The van der Waals surface area contributed by atoms with Gasteiger partial charge in [-0.05, 0) is 24.1 Å². The lowest BCUT2D eigenvalue weighted by Crippen LogP contribution is -2.22. The Hall–Kier alpha value is -1.57. The van der Waals surface area contributed by atoms with Crippen molar-refractivity contribution in [3.8, 4) is 0 Å². The lowest BCUT2D eigenvalue weighted by Gasteiger charge is -2.06. The molecule has 2 rings (SSSR count). The van der Waals surface area contributed by atoms with Crippen LogP contribution >= 0.6 is 24.0 Å².